The zero-order valence-corrected chi connectivity index (χ0v) is 54.7. The van der Waals surface area contributed by atoms with Crippen LogP contribution < -0.4 is 42.1 Å². The van der Waals surface area contributed by atoms with Crippen molar-refractivity contribution in [3.63, 3.8) is 0 Å². The zero-order chi connectivity index (χ0) is 63.5. The quantitative estimate of drug-likeness (QED) is 0.0444. The van der Waals surface area contributed by atoms with Crippen LogP contribution in [-0.4, -0.2) is 204 Å². The molecule has 8 fully saturated rings. The summed E-state index contributed by atoms with van der Waals surface area (Å²) in [4.78, 5) is 72.1. The maximum Gasteiger partial charge on any atom is 0.274 e. The number of ether oxygens (including phenoxy) is 2. The average Bonchev–Trinajstić information content (AvgIpc) is 0.818. The fourth-order valence-corrected chi connectivity index (χ4v) is 16.3. The highest BCUT2D eigenvalue weighted by molar-refractivity contribution is 5.99. The van der Waals surface area contributed by atoms with Gasteiger partial charge in [0.25, 0.3) is 11.8 Å². The molecule has 2 amide bonds. The minimum Gasteiger partial charge on any atom is -0.381 e. The van der Waals surface area contributed by atoms with Gasteiger partial charge in [-0.15, -0.1) is 0 Å². The van der Waals surface area contributed by atoms with Crippen LogP contribution in [0.2, 0.25) is 0 Å². The predicted octanol–water partition coefficient (Wildman–Crippen LogP) is 8.78. The molecule has 4 aromatic heterocycles. The van der Waals surface area contributed by atoms with E-state index in [1.807, 2.05) is 24.3 Å². The second-order valence-electron chi connectivity index (χ2n) is 27.8. The SMILES string of the molecule is CCc1cc(Nc2nc(NC3CC4(CCOCC4)C3)c(-c3ccncc3)nc2C(=O)NCN2CCN(C3CCN(c4ccc(Nc5nc(NC6CC7(CCOCC7)C6)c(-c6ccncc6)nc5C(N)=O)cc4C)CC3)CC2)ccc1N1CCC(N2CCN(C)CC2)CC1. The van der Waals surface area contributed by atoms with Crippen molar-refractivity contribution < 1.29 is 19.1 Å². The summed E-state index contributed by atoms with van der Waals surface area (Å²) in [5.74, 6) is 1.11. The van der Waals surface area contributed by atoms with E-state index < -0.39 is 5.91 Å². The molecule has 0 radical (unpaired) electrons. The number of piperidine rings is 2. The third-order valence-corrected chi connectivity index (χ3v) is 21.9. The van der Waals surface area contributed by atoms with Crippen molar-refractivity contribution in [3.05, 3.63) is 108 Å². The van der Waals surface area contributed by atoms with E-state index >= 15 is 0 Å². The smallest absolute Gasteiger partial charge is 0.274 e. The molecular weight excluding hydrogens is 1170 g/mol. The van der Waals surface area contributed by atoms with E-state index in [1.165, 1.54) is 29.8 Å². The van der Waals surface area contributed by atoms with Crippen molar-refractivity contribution in [3.8, 4) is 22.5 Å². The fraction of sp³-hybridized carbons (Fsp3) is 0.549. The molecule has 6 aliphatic heterocycles. The first-order valence-corrected chi connectivity index (χ1v) is 34.5. The maximum absolute atomic E-state index is 14.8. The van der Waals surface area contributed by atoms with Gasteiger partial charge in [-0.3, -0.25) is 34.3 Å². The molecular formula is C71H94N18O4. The summed E-state index contributed by atoms with van der Waals surface area (Å²) >= 11 is 0. The van der Waals surface area contributed by atoms with Crippen LogP contribution in [0.4, 0.5) is 46.0 Å². The van der Waals surface area contributed by atoms with Crippen molar-refractivity contribution in [2.24, 2.45) is 16.6 Å². The second kappa shape index (κ2) is 27.8. The van der Waals surface area contributed by atoms with Gasteiger partial charge < -0.3 is 56.5 Å². The summed E-state index contributed by atoms with van der Waals surface area (Å²) in [6.45, 7) is 20.1. The number of nitrogens with zero attached hydrogens (tertiary/aromatic N) is 12. The Morgan fingerprint density at radius 1 is 0.559 bits per heavy atom. The Morgan fingerprint density at radius 3 is 1.52 bits per heavy atom. The standard InChI is InChI=1S/C71H94N18O4/c1-4-49-42-53(6-8-59(49)89-27-15-56(16-28-89)86-33-29-84(3)30-34-86)77-68-63(81-61(51-11-23-74-24-12-51)66(83-68)79-55-45-71(46-55)19-39-93-40-20-71)69(91)75-47-85-31-35-87(36-32-85)57-13-25-88(26-14-57)58-7-5-52(41-48(58)2)76-67-62(64(72)90)80-60(50-9-21-73-22-10-50)65(82-67)78-54-43-70(44-54)17-37-92-38-18-70/h5-12,21-24,41-42,54-57H,4,13-20,25-40,43-47H2,1-3H3,(H2,72,90)(H,75,91)(H2,76,78,82)(H2,77,79,83). The topological polar surface area (TPSA) is 236 Å². The first-order chi connectivity index (χ1) is 45.4. The van der Waals surface area contributed by atoms with Crippen molar-refractivity contribution in [2.45, 2.75) is 121 Å². The summed E-state index contributed by atoms with van der Waals surface area (Å²) in [5.41, 5.74) is 16.4. The van der Waals surface area contributed by atoms with Crippen LogP contribution in [0, 0.1) is 17.8 Å². The first kappa shape index (κ1) is 62.8. The molecule has 0 atom stereocenters. The summed E-state index contributed by atoms with van der Waals surface area (Å²) in [5, 5.41) is 17.9. The first-order valence-electron chi connectivity index (χ1n) is 34.5. The molecule has 2 saturated carbocycles. The van der Waals surface area contributed by atoms with Crippen molar-refractivity contribution in [1.82, 2.24) is 54.8 Å². The molecule has 22 heteroatoms. The van der Waals surface area contributed by atoms with Gasteiger partial charge in [0, 0.05) is 188 Å². The molecule has 8 aliphatic rings. The van der Waals surface area contributed by atoms with Crippen LogP contribution >= 0.6 is 0 Å². The molecule has 6 aromatic rings. The number of primary amides is 1. The van der Waals surface area contributed by atoms with Crippen molar-refractivity contribution in [2.75, 3.05) is 150 Å². The normalized spacial score (nSPS) is 21.9. The highest BCUT2D eigenvalue weighted by Crippen LogP contribution is 2.51. The van der Waals surface area contributed by atoms with E-state index in [2.05, 4.69) is 123 Å². The monoisotopic (exact) mass is 1260 g/mol. The number of nitrogens with two attached hydrogens (primary N) is 1. The Hall–Kier alpha value is -7.60. The number of hydrogen-bond donors (Lipinski definition) is 6. The van der Waals surface area contributed by atoms with Gasteiger partial charge in [-0.1, -0.05) is 6.92 Å². The van der Waals surface area contributed by atoms with E-state index in [4.69, 9.17) is 35.1 Å². The predicted molar refractivity (Wildman–Crippen MR) is 366 cm³/mol. The highest BCUT2D eigenvalue weighted by atomic mass is 16.5. The molecule has 14 rings (SSSR count). The number of hydrogen-bond acceptors (Lipinski definition) is 20. The van der Waals surface area contributed by atoms with Crippen molar-refractivity contribution in [1.29, 1.82) is 0 Å². The maximum atomic E-state index is 14.8. The molecule has 7 N–H and O–H groups in total. The number of nitrogens with one attached hydrogen (secondary N) is 5. The van der Waals surface area contributed by atoms with E-state index in [0.717, 1.165) is 204 Å². The molecule has 22 nitrogen and oxygen atoms in total. The summed E-state index contributed by atoms with van der Waals surface area (Å²) in [7, 11) is 2.23. The lowest BCUT2D eigenvalue weighted by molar-refractivity contribution is -0.0344. The number of benzene rings is 2. The number of carbonyl (C=O) groups excluding carboxylic acids is 2. The molecule has 0 bridgehead atoms. The number of likely N-dealkylation sites (N-methyl/N-ethyl adjacent to an activating group) is 1. The minimum atomic E-state index is -0.655. The number of pyridine rings is 2. The lowest BCUT2D eigenvalue weighted by atomic mass is 9.61. The van der Waals surface area contributed by atoms with E-state index in [9.17, 15) is 9.59 Å². The molecule has 10 heterocycles. The summed E-state index contributed by atoms with van der Waals surface area (Å²) in [6.07, 6.45) is 20.8. The Bertz CT molecular complexity index is 3560. The number of aryl methyl sites for hydroxylation is 2. The van der Waals surface area contributed by atoms with Gasteiger partial charge >= 0.3 is 0 Å². The van der Waals surface area contributed by atoms with Gasteiger partial charge in [0.05, 0.1) is 6.67 Å². The molecule has 0 unspecified atom stereocenters. The average molecular weight is 1260 g/mol. The van der Waals surface area contributed by atoms with Gasteiger partial charge in [0.1, 0.15) is 11.4 Å². The molecule has 2 aliphatic carbocycles. The van der Waals surface area contributed by atoms with Gasteiger partial charge in [0.15, 0.2) is 34.7 Å². The minimum absolute atomic E-state index is 0.0795. The molecule has 6 saturated heterocycles. The third-order valence-electron chi connectivity index (χ3n) is 21.9. The van der Waals surface area contributed by atoms with E-state index in [1.54, 1.807) is 24.8 Å². The number of rotatable bonds is 19. The second-order valence-corrected chi connectivity index (χ2v) is 27.8. The largest absolute Gasteiger partial charge is 0.381 e. The van der Waals surface area contributed by atoms with Gasteiger partial charge in [-0.05, 0) is 180 Å². The Balaban J connectivity index is 0.614. The van der Waals surface area contributed by atoms with Crippen LogP contribution in [0.5, 0.6) is 0 Å². The molecule has 2 spiro atoms. The molecule has 2 aromatic carbocycles. The lowest BCUT2D eigenvalue weighted by Crippen LogP contribution is -2.55. The molecule has 492 valence electrons. The Labute approximate surface area is 547 Å². The number of piperazine rings is 2. The third kappa shape index (κ3) is 14.1. The molecule has 93 heavy (non-hydrogen) atoms. The van der Waals surface area contributed by atoms with E-state index in [0.29, 0.717) is 64.2 Å². The van der Waals surface area contributed by atoms with Gasteiger partial charge in [-0.25, -0.2) is 19.9 Å². The zero-order valence-electron chi connectivity index (χ0n) is 54.7. The summed E-state index contributed by atoms with van der Waals surface area (Å²) in [6, 6.07) is 22.2. The highest BCUT2D eigenvalue weighted by Gasteiger charge is 2.47. The Kier molecular flexibility index (Phi) is 18.8. The van der Waals surface area contributed by atoms with Crippen LogP contribution in [0.25, 0.3) is 22.5 Å². The van der Waals surface area contributed by atoms with Gasteiger partial charge in [0.2, 0.25) is 0 Å². The Morgan fingerprint density at radius 2 is 1.02 bits per heavy atom. The van der Waals surface area contributed by atoms with Crippen LogP contribution in [0.3, 0.4) is 0 Å². The fourth-order valence-electron chi connectivity index (χ4n) is 16.3. The van der Waals surface area contributed by atoms with Crippen molar-refractivity contribution >= 4 is 57.8 Å². The van der Waals surface area contributed by atoms with Gasteiger partial charge in [-0.2, -0.15) is 0 Å². The van der Waals surface area contributed by atoms with Crippen LogP contribution in [0.15, 0.2) is 85.5 Å². The van der Waals surface area contributed by atoms with E-state index in [-0.39, 0.29) is 29.4 Å². The van der Waals surface area contributed by atoms with Crippen LogP contribution in [0.1, 0.15) is 116 Å². The van der Waals surface area contributed by atoms with Crippen LogP contribution in [-0.2, 0) is 15.9 Å². The number of anilines is 8. The number of carbonyl (C=O) groups is 2. The number of amides is 2. The number of aromatic nitrogens is 6. The summed E-state index contributed by atoms with van der Waals surface area (Å²) < 4.78 is 11.4. The lowest BCUT2D eigenvalue weighted by Gasteiger charge is -2.50.